The number of ether oxygens (including phenoxy) is 1. The summed E-state index contributed by atoms with van der Waals surface area (Å²) in [5.41, 5.74) is 1.09. The number of pyridine rings is 1. The third kappa shape index (κ3) is 3.16. The van der Waals surface area contributed by atoms with Crippen LogP contribution in [0.4, 0.5) is 0 Å². The molecule has 1 saturated carbocycles. The van der Waals surface area contributed by atoms with E-state index in [0.29, 0.717) is 5.92 Å². The van der Waals surface area contributed by atoms with Gasteiger partial charge in [-0.05, 0) is 52.7 Å². The standard InChI is InChI=1S/C15H20BrNO2/c1-15(2)8-10(4-6-12(15)14(18)19-3)13-7-5-11(16)9-17-13/h5,7,9-10,12H,4,6,8H2,1-3H3/t10?,12-/m0/s1. The van der Waals surface area contributed by atoms with Gasteiger partial charge in [-0.3, -0.25) is 9.78 Å². The molecule has 2 atom stereocenters. The molecule has 4 heteroatoms. The number of carbonyl (C=O) groups excluding carboxylic acids is 1. The van der Waals surface area contributed by atoms with Gasteiger partial charge < -0.3 is 4.74 Å². The summed E-state index contributed by atoms with van der Waals surface area (Å²) in [6.07, 6.45) is 4.69. The molecule has 1 aromatic heterocycles. The van der Waals surface area contributed by atoms with Gasteiger partial charge >= 0.3 is 5.97 Å². The minimum Gasteiger partial charge on any atom is -0.469 e. The molecule has 1 fully saturated rings. The average molecular weight is 326 g/mol. The number of esters is 1. The summed E-state index contributed by atoms with van der Waals surface area (Å²) >= 11 is 3.41. The first-order valence-corrected chi connectivity index (χ1v) is 7.42. The Balaban J connectivity index is 2.13. The lowest BCUT2D eigenvalue weighted by Gasteiger charge is -2.40. The van der Waals surface area contributed by atoms with E-state index in [-0.39, 0.29) is 17.3 Å². The van der Waals surface area contributed by atoms with Crippen molar-refractivity contribution in [3.63, 3.8) is 0 Å². The summed E-state index contributed by atoms with van der Waals surface area (Å²) in [7, 11) is 1.47. The van der Waals surface area contributed by atoms with Crippen molar-refractivity contribution in [1.29, 1.82) is 0 Å². The van der Waals surface area contributed by atoms with E-state index in [1.807, 2.05) is 12.3 Å². The summed E-state index contributed by atoms with van der Waals surface area (Å²) in [5.74, 6) is 0.361. The SMILES string of the molecule is COC(=O)[C@@H]1CCC(c2ccc(Br)cn2)CC1(C)C. The van der Waals surface area contributed by atoms with Gasteiger partial charge in [0.15, 0.2) is 0 Å². The summed E-state index contributed by atoms with van der Waals surface area (Å²) < 4.78 is 5.92. The zero-order valence-corrected chi connectivity index (χ0v) is 13.2. The normalized spacial score (nSPS) is 25.9. The fourth-order valence-corrected chi connectivity index (χ4v) is 3.33. The van der Waals surface area contributed by atoms with E-state index < -0.39 is 0 Å². The number of hydrogen-bond acceptors (Lipinski definition) is 3. The Kier molecular flexibility index (Phi) is 4.29. The molecule has 0 aromatic carbocycles. The van der Waals surface area contributed by atoms with Gasteiger partial charge in [-0.15, -0.1) is 0 Å². The van der Waals surface area contributed by atoms with E-state index >= 15 is 0 Å². The highest BCUT2D eigenvalue weighted by Crippen LogP contribution is 2.47. The predicted octanol–water partition coefficient (Wildman–Crippen LogP) is 3.93. The predicted molar refractivity (Wildman–Crippen MR) is 77.8 cm³/mol. The molecule has 0 aliphatic heterocycles. The van der Waals surface area contributed by atoms with Crippen LogP contribution >= 0.6 is 15.9 Å². The van der Waals surface area contributed by atoms with Gasteiger partial charge in [0.25, 0.3) is 0 Å². The van der Waals surface area contributed by atoms with Crippen molar-refractivity contribution in [3.8, 4) is 0 Å². The van der Waals surface area contributed by atoms with Crippen molar-refractivity contribution >= 4 is 21.9 Å². The number of halogens is 1. The van der Waals surface area contributed by atoms with Crippen LogP contribution in [0.2, 0.25) is 0 Å². The fourth-order valence-electron chi connectivity index (χ4n) is 3.10. The highest BCUT2D eigenvalue weighted by Gasteiger charge is 2.42. The Morgan fingerprint density at radius 3 is 2.68 bits per heavy atom. The fraction of sp³-hybridized carbons (Fsp3) is 0.600. The second-order valence-electron chi connectivity index (χ2n) is 5.94. The third-order valence-corrected chi connectivity index (χ3v) is 4.64. The molecule has 3 nitrogen and oxygen atoms in total. The topological polar surface area (TPSA) is 39.2 Å². The van der Waals surface area contributed by atoms with Crippen molar-refractivity contribution in [2.75, 3.05) is 7.11 Å². The van der Waals surface area contributed by atoms with E-state index in [2.05, 4.69) is 40.8 Å². The number of rotatable bonds is 2. The van der Waals surface area contributed by atoms with Crippen molar-refractivity contribution in [3.05, 3.63) is 28.5 Å². The minimum absolute atomic E-state index is 0.00389. The first-order valence-electron chi connectivity index (χ1n) is 6.63. The van der Waals surface area contributed by atoms with Crippen molar-refractivity contribution in [1.82, 2.24) is 4.98 Å². The van der Waals surface area contributed by atoms with Gasteiger partial charge in [0.05, 0.1) is 13.0 Å². The lowest BCUT2D eigenvalue weighted by atomic mass is 9.64. The molecule has 0 radical (unpaired) electrons. The van der Waals surface area contributed by atoms with Crippen LogP contribution in [0, 0.1) is 11.3 Å². The first-order chi connectivity index (χ1) is 8.94. The van der Waals surface area contributed by atoms with Crippen molar-refractivity contribution in [2.45, 2.75) is 39.0 Å². The van der Waals surface area contributed by atoms with Crippen LogP contribution in [-0.4, -0.2) is 18.1 Å². The highest BCUT2D eigenvalue weighted by molar-refractivity contribution is 9.10. The molecule has 0 spiro atoms. The lowest BCUT2D eigenvalue weighted by molar-refractivity contribution is -0.151. The number of carbonyl (C=O) groups is 1. The molecule has 1 aliphatic rings. The van der Waals surface area contributed by atoms with Gasteiger partial charge in [-0.2, -0.15) is 0 Å². The van der Waals surface area contributed by atoms with Crippen LogP contribution < -0.4 is 0 Å². The monoisotopic (exact) mass is 325 g/mol. The van der Waals surface area contributed by atoms with Crippen molar-refractivity contribution < 1.29 is 9.53 Å². The molecular formula is C15H20BrNO2. The Hall–Kier alpha value is -0.900. The molecular weight excluding hydrogens is 306 g/mol. The molecule has 0 amide bonds. The molecule has 2 rings (SSSR count). The van der Waals surface area contributed by atoms with Crippen LogP contribution in [-0.2, 0) is 9.53 Å². The maximum Gasteiger partial charge on any atom is 0.309 e. The summed E-state index contributed by atoms with van der Waals surface area (Å²) in [6, 6.07) is 4.10. The zero-order chi connectivity index (χ0) is 14.0. The van der Waals surface area contributed by atoms with E-state index in [1.165, 1.54) is 7.11 Å². The van der Waals surface area contributed by atoms with E-state index in [4.69, 9.17) is 4.74 Å². The number of hydrogen-bond donors (Lipinski definition) is 0. The minimum atomic E-state index is -0.0767. The number of aromatic nitrogens is 1. The van der Waals surface area contributed by atoms with E-state index in [1.54, 1.807) is 0 Å². The summed E-state index contributed by atoms with van der Waals surface area (Å²) in [6.45, 7) is 4.30. The molecule has 0 N–H and O–H groups in total. The summed E-state index contributed by atoms with van der Waals surface area (Å²) in [4.78, 5) is 16.3. The Morgan fingerprint density at radius 1 is 1.42 bits per heavy atom. The van der Waals surface area contributed by atoms with Gasteiger partial charge in [0.1, 0.15) is 0 Å². The van der Waals surface area contributed by atoms with Crippen LogP contribution in [0.1, 0.15) is 44.7 Å². The maximum atomic E-state index is 11.8. The Morgan fingerprint density at radius 2 is 2.16 bits per heavy atom. The quantitative estimate of drug-likeness (QED) is 0.773. The van der Waals surface area contributed by atoms with Crippen LogP contribution in [0.15, 0.2) is 22.8 Å². The van der Waals surface area contributed by atoms with Gasteiger partial charge in [0, 0.05) is 22.3 Å². The highest BCUT2D eigenvalue weighted by atomic mass is 79.9. The Bertz CT molecular complexity index is 456. The number of nitrogens with zero attached hydrogens (tertiary/aromatic N) is 1. The van der Waals surface area contributed by atoms with Gasteiger partial charge in [-0.1, -0.05) is 13.8 Å². The molecule has 0 bridgehead atoms. The smallest absolute Gasteiger partial charge is 0.309 e. The molecule has 1 heterocycles. The first kappa shape index (κ1) is 14.5. The molecule has 0 saturated heterocycles. The van der Waals surface area contributed by atoms with E-state index in [0.717, 1.165) is 29.4 Å². The number of methoxy groups -OCH3 is 1. The van der Waals surface area contributed by atoms with E-state index in [9.17, 15) is 4.79 Å². The zero-order valence-electron chi connectivity index (χ0n) is 11.6. The van der Waals surface area contributed by atoms with Crippen molar-refractivity contribution in [2.24, 2.45) is 11.3 Å². The summed E-state index contributed by atoms with van der Waals surface area (Å²) in [5, 5.41) is 0. The Labute approximate surface area is 122 Å². The van der Waals surface area contributed by atoms with Crippen LogP contribution in [0.25, 0.3) is 0 Å². The van der Waals surface area contributed by atoms with Crippen LogP contribution in [0.3, 0.4) is 0 Å². The van der Waals surface area contributed by atoms with Crippen LogP contribution in [0.5, 0.6) is 0 Å². The molecule has 19 heavy (non-hydrogen) atoms. The second-order valence-corrected chi connectivity index (χ2v) is 6.86. The maximum absolute atomic E-state index is 11.8. The molecule has 1 unspecified atom stereocenters. The lowest BCUT2D eigenvalue weighted by Crippen LogP contribution is -2.37. The molecule has 1 aliphatic carbocycles. The molecule has 104 valence electrons. The van der Waals surface area contributed by atoms with Gasteiger partial charge in [0.2, 0.25) is 0 Å². The second kappa shape index (κ2) is 5.61. The molecule has 1 aromatic rings. The third-order valence-electron chi connectivity index (χ3n) is 4.17. The van der Waals surface area contributed by atoms with Gasteiger partial charge in [-0.25, -0.2) is 0 Å². The largest absolute Gasteiger partial charge is 0.469 e. The average Bonchev–Trinajstić information content (AvgIpc) is 2.37.